The highest BCUT2D eigenvalue weighted by atomic mass is 16.6. The van der Waals surface area contributed by atoms with E-state index in [-0.39, 0.29) is 19.8 Å². The van der Waals surface area contributed by atoms with E-state index in [0.29, 0.717) is 6.42 Å². The number of aliphatic hydroxyl groups excluding tert-OH is 5. The third-order valence-corrected chi connectivity index (χ3v) is 4.83. The Morgan fingerprint density at radius 1 is 0.700 bits per heavy atom. The molecule has 0 radical (unpaired) electrons. The monoisotopic (exact) mass is 436 g/mol. The minimum absolute atomic E-state index is 0.125. The molecule has 0 aliphatic heterocycles. The normalized spacial score (nSPS) is 12.7. The van der Waals surface area contributed by atoms with Crippen molar-refractivity contribution < 1.29 is 35.1 Å². The van der Waals surface area contributed by atoms with Gasteiger partial charge in [0.25, 0.3) is 0 Å². The summed E-state index contributed by atoms with van der Waals surface area (Å²) in [6, 6.07) is 0. The predicted octanol–water partition coefficient (Wildman–Crippen LogP) is 3.09. The van der Waals surface area contributed by atoms with E-state index < -0.39 is 24.8 Å². The van der Waals surface area contributed by atoms with Crippen LogP contribution in [0.15, 0.2) is 0 Å². The molecular weight excluding hydrogens is 388 g/mol. The number of aliphatic hydroxyl groups is 5. The molecule has 0 aromatic heterocycles. The molecular formula is C23H48O7. The molecule has 0 fully saturated rings. The zero-order valence-corrected chi connectivity index (χ0v) is 19.1. The molecule has 0 aromatic rings. The largest absolute Gasteiger partial charge is 0.461 e. The summed E-state index contributed by atoms with van der Waals surface area (Å²) in [5.41, 5.74) is 0. The molecule has 0 rings (SSSR count). The number of unbranched alkanes of at least 4 members (excludes halogenated alkanes) is 13. The molecule has 0 amide bonds. The average Bonchev–Trinajstić information content (AvgIpc) is 2.77. The van der Waals surface area contributed by atoms with Crippen molar-refractivity contribution in [2.45, 2.75) is 115 Å². The molecule has 0 aliphatic rings. The third-order valence-electron chi connectivity index (χ3n) is 4.83. The Bertz CT molecular complexity index is 338. The molecule has 30 heavy (non-hydrogen) atoms. The van der Waals surface area contributed by atoms with E-state index >= 15 is 0 Å². The summed E-state index contributed by atoms with van der Waals surface area (Å²) in [5.74, 6) is -0.716. The first-order valence-electron chi connectivity index (χ1n) is 11.9. The summed E-state index contributed by atoms with van der Waals surface area (Å²) in [4.78, 5) is 11.5. The number of hydrogen-bond donors (Lipinski definition) is 5. The van der Waals surface area contributed by atoms with Crippen molar-refractivity contribution in [1.29, 1.82) is 0 Å². The second kappa shape index (κ2) is 26.3. The van der Waals surface area contributed by atoms with E-state index in [1.807, 2.05) is 0 Å². The van der Waals surface area contributed by atoms with Crippen molar-refractivity contribution in [2.75, 3.05) is 26.4 Å². The van der Waals surface area contributed by atoms with Gasteiger partial charge in [0, 0.05) is 0 Å². The minimum atomic E-state index is -1.13. The highest BCUT2D eigenvalue weighted by molar-refractivity contribution is 5.74. The molecule has 2 atom stereocenters. The molecule has 0 aromatic carbocycles. The third kappa shape index (κ3) is 25.3. The van der Waals surface area contributed by atoms with Gasteiger partial charge in [0.15, 0.2) is 6.10 Å². The molecule has 0 spiro atoms. The summed E-state index contributed by atoms with van der Waals surface area (Å²) >= 11 is 0. The van der Waals surface area contributed by atoms with Crippen LogP contribution >= 0.6 is 0 Å². The first kappa shape index (κ1) is 31.5. The van der Waals surface area contributed by atoms with Gasteiger partial charge in [-0.05, 0) is 6.42 Å². The van der Waals surface area contributed by atoms with Crippen LogP contribution in [-0.2, 0) is 9.53 Å². The van der Waals surface area contributed by atoms with Crippen LogP contribution in [0.2, 0.25) is 0 Å². The molecule has 2 unspecified atom stereocenters. The molecule has 5 N–H and O–H groups in total. The van der Waals surface area contributed by atoms with E-state index in [9.17, 15) is 9.90 Å². The number of rotatable bonds is 20. The first-order chi connectivity index (χ1) is 14.5. The van der Waals surface area contributed by atoms with Gasteiger partial charge in [-0.15, -0.1) is 0 Å². The average molecular weight is 437 g/mol. The van der Waals surface area contributed by atoms with Crippen LogP contribution in [0.1, 0.15) is 103 Å². The van der Waals surface area contributed by atoms with Gasteiger partial charge in [0.2, 0.25) is 0 Å². The number of carbonyl (C=O) groups is 1. The second-order valence-electron chi connectivity index (χ2n) is 7.81. The van der Waals surface area contributed by atoms with Crippen molar-refractivity contribution in [1.82, 2.24) is 0 Å². The van der Waals surface area contributed by atoms with Gasteiger partial charge in [-0.3, -0.25) is 0 Å². The molecule has 182 valence electrons. The summed E-state index contributed by atoms with van der Waals surface area (Å²) < 4.78 is 4.73. The van der Waals surface area contributed by atoms with Crippen LogP contribution in [0.3, 0.4) is 0 Å². The van der Waals surface area contributed by atoms with E-state index in [1.54, 1.807) is 0 Å². The quantitative estimate of drug-likeness (QED) is 0.147. The first-order valence-corrected chi connectivity index (χ1v) is 11.9. The number of carbonyl (C=O) groups excluding carboxylic acids is 1. The lowest BCUT2D eigenvalue weighted by atomic mass is 10.0. The van der Waals surface area contributed by atoms with Gasteiger partial charge in [-0.1, -0.05) is 96.8 Å². The highest BCUT2D eigenvalue weighted by Crippen LogP contribution is 2.14. The Morgan fingerprint density at radius 2 is 1.10 bits per heavy atom. The van der Waals surface area contributed by atoms with E-state index in [4.69, 9.17) is 25.2 Å². The number of ether oxygens (including phenoxy) is 1. The van der Waals surface area contributed by atoms with Gasteiger partial charge >= 0.3 is 5.97 Å². The number of esters is 1. The smallest absolute Gasteiger partial charge is 0.335 e. The molecule has 0 heterocycles. The summed E-state index contributed by atoms with van der Waals surface area (Å²) in [6.07, 6.45) is 15.9. The lowest BCUT2D eigenvalue weighted by Gasteiger charge is -2.12. The maximum absolute atomic E-state index is 11.5. The zero-order valence-electron chi connectivity index (χ0n) is 19.1. The predicted molar refractivity (Wildman–Crippen MR) is 119 cm³/mol. The molecule has 0 bridgehead atoms. The standard InChI is InChI=1S/C21H42O5.C2H6O2/c1-2-3-4-5-6-7-8-9-10-11-12-13-14-15-16-20(24)21(25)26-18-19(23)17-22;3-1-2-4/h19-20,22-24H,2-18H2,1H3;3-4H,1-2H2. The van der Waals surface area contributed by atoms with E-state index in [2.05, 4.69) is 6.92 Å². The van der Waals surface area contributed by atoms with Crippen LogP contribution in [0.5, 0.6) is 0 Å². The van der Waals surface area contributed by atoms with Gasteiger partial charge in [0.05, 0.1) is 19.8 Å². The lowest BCUT2D eigenvalue weighted by molar-refractivity contribution is -0.157. The van der Waals surface area contributed by atoms with Crippen LogP contribution in [0, 0.1) is 0 Å². The molecule has 0 saturated carbocycles. The van der Waals surface area contributed by atoms with Crippen molar-refractivity contribution in [3.05, 3.63) is 0 Å². The van der Waals surface area contributed by atoms with Gasteiger partial charge in [-0.25, -0.2) is 4.79 Å². The molecule has 7 heteroatoms. The maximum atomic E-state index is 11.5. The zero-order chi connectivity index (χ0) is 22.9. The van der Waals surface area contributed by atoms with Crippen LogP contribution < -0.4 is 0 Å². The van der Waals surface area contributed by atoms with Crippen molar-refractivity contribution in [2.24, 2.45) is 0 Å². The van der Waals surface area contributed by atoms with Gasteiger partial charge in [-0.2, -0.15) is 0 Å². The summed E-state index contributed by atoms with van der Waals surface area (Å²) in [7, 11) is 0. The van der Waals surface area contributed by atoms with Gasteiger partial charge in [0.1, 0.15) is 12.7 Å². The molecule has 0 saturated heterocycles. The van der Waals surface area contributed by atoms with Crippen LogP contribution in [0.25, 0.3) is 0 Å². The Kier molecular flexibility index (Phi) is 27.6. The fourth-order valence-electron chi connectivity index (χ4n) is 2.98. The fraction of sp³-hybridized carbons (Fsp3) is 0.957. The van der Waals surface area contributed by atoms with Crippen molar-refractivity contribution >= 4 is 5.97 Å². The maximum Gasteiger partial charge on any atom is 0.335 e. The molecule has 0 aliphatic carbocycles. The Balaban J connectivity index is 0. The summed E-state index contributed by atoms with van der Waals surface area (Å²) in [5, 5.41) is 42.6. The van der Waals surface area contributed by atoms with Gasteiger partial charge < -0.3 is 30.3 Å². The topological polar surface area (TPSA) is 127 Å². The fourth-order valence-corrected chi connectivity index (χ4v) is 2.98. The van der Waals surface area contributed by atoms with Crippen molar-refractivity contribution in [3.8, 4) is 0 Å². The van der Waals surface area contributed by atoms with Crippen LogP contribution in [-0.4, -0.2) is 70.1 Å². The Hall–Kier alpha value is -0.730. The second-order valence-corrected chi connectivity index (χ2v) is 7.81. The minimum Gasteiger partial charge on any atom is -0.461 e. The summed E-state index contributed by atoms with van der Waals surface area (Å²) in [6.45, 7) is 1.27. The Morgan fingerprint density at radius 3 is 1.47 bits per heavy atom. The van der Waals surface area contributed by atoms with Crippen molar-refractivity contribution in [3.63, 3.8) is 0 Å². The van der Waals surface area contributed by atoms with E-state index in [1.165, 1.54) is 70.6 Å². The van der Waals surface area contributed by atoms with E-state index in [0.717, 1.165) is 19.3 Å². The number of hydrogen-bond acceptors (Lipinski definition) is 7. The van der Waals surface area contributed by atoms with Crippen LogP contribution in [0.4, 0.5) is 0 Å². The SMILES string of the molecule is CCCCCCCCCCCCCCCCC(O)C(=O)OCC(O)CO.OCCO. The highest BCUT2D eigenvalue weighted by Gasteiger charge is 2.17. The Labute approximate surface area is 183 Å². The molecule has 7 nitrogen and oxygen atoms in total. The lowest BCUT2D eigenvalue weighted by Crippen LogP contribution is -2.28.